The molecule has 0 heterocycles. The Bertz CT molecular complexity index is 1270. The second-order valence-electron chi connectivity index (χ2n) is 9.82. The van der Waals surface area contributed by atoms with Crippen LogP contribution in [0.2, 0.25) is 0 Å². The molecular formula is C33H38N2O7. The summed E-state index contributed by atoms with van der Waals surface area (Å²) >= 11 is 0. The van der Waals surface area contributed by atoms with Crippen molar-refractivity contribution in [3.05, 3.63) is 90.0 Å². The van der Waals surface area contributed by atoms with E-state index >= 15 is 0 Å². The third-order valence-corrected chi connectivity index (χ3v) is 6.75. The lowest BCUT2D eigenvalue weighted by Gasteiger charge is -2.35. The highest BCUT2D eigenvalue weighted by Crippen LogP contribution is 2.27. The number of carboxylic acids is 1. The molecule has 0 aromatic heterocycles. The summed E-state index contributed by atoms with van der Waals surface area (Å²) in [5.41, 5.74) is 3.10. The fourth-order valence-electron chi connectivity index (χ4n) is 4.31. The Morgan fingerprint density at radius 2 is 1.38 bits per heavy atom. The molecule has 0 aliphatic heterocycles. The molecule has 0 saturated heterocycles. The number of aliphatic carboxylic acids is 1. The smallest absolute Gasteiger partial charge is 0.303 e. The van der Waals surface area contributed by atoms with Crippen molar-refractivity contribution in [1.82, 2.24) is 5.32 Å². The monoisotopic (exact) mass is 574 g/mol. The van der Waals surface area contributed by atoms with E-state index in [1.54, 1.807) is 0 Å². The van der Waals surface area contributed by atoms with E-state index < -0.39 is 18.1 Å². The number of ketones is 2. The number of Topliss-reactive ketones (excluding diaryl/α,β-unsaturated/α-hetero) is 2. The SMILES string of the molecule is C=O.C=O.CCC(CC(=O)O)c1ccccc1.Cc1ccc(Oc2ccc(NC3C(=O)C(=O)C3NC3CC3)cc2)cc1. The van der Waals surface area contributed by atoms with Gasteiger partial charge in [-0.15, -0.1) is 0 Å². The molecule has 0 amide bonds. The van der Waals surface area contributed by atoms with Gasteiger partial charge in [-0.2, -0.15) is 0 Å². The number of carbonyl (C=O) groups is 5. The van der Waals surface area contributed by atoms with Crippen LogP contribution in [0.1, 0.15) is 49.7 Å². The van der Waals surface area contributed by atoms with Gasteiger partial charge >= 0.3 is 5.97 Å². The molecule has 2 fully saturated rings. The molecule has 3 aromatic rings. The number of carbonyl (C=O) groups excluding carboxylic acids is 4. The molecule has 0 radical (unpaired) electrons. The molecule has 9 nitrogen and oxygen atoms in total. The van der Waals surface area contributed by atoms with Crippen molar-refractivity contribution in [1.29, 1.82) is 0 Å². The maximum Gasteiger partial charge on any atom is 0.303 e. The Hall–Kier alpha value is -4.63. The zero-order valence-corrected chi connectivity index (χ0v) is 24.0. The number of aryl methyl sites for hydroxylation is 1. The number of rotatable bonds is 10. The standard InChI is InChI=1S/C20H20N2O3.C11H14O2.2CH2O/c1-12-2-8-15(9-3-12)25-16-10-6-14(7-11-16)22-18-17(19(23)20(18)24)21-13-4-5-13;1-2-9(8-11(12)13)10-6-4-3-5-7-10;2*1-2/h2-3,6-11,13,17-18,21-22H,4-5H2,1H3;3-7,9H,2,8H2,1H3,(H,12,13);2*1H2. The van der Waals surface area contributed by atoms with Crippen molar-refractivity contribution in [3.63, 3.8) is 0 Å². The van der Waals surface area contributed by atoms with E-state index in [9.17, 15) is 14.4 Å². The van der Waals surface area contributed by atoms with Crippen LogP contribution < -0.4 is 15.4 Å². The minimum absolute atomic E-state index is 0.152. The minimum Gasteiger partial charge on any atom is -0.481 e. The van der Waals surface area contributed by atoms with Crippen LogP contribution in [0.15, 0.2) is 78.9 Å². The molecule has 3 unspecified atom stereocenters. The van der Waals surface area contributed by atoms with E-state index in [1.165, 1.54) is 5.56 Å². The first kappa shape index (κ1) is 33.6. The van der Waals surface area contributed by atoms with Crippen LogP contribution >= 0.6 is 0 Å². The van der Waals surface area contributed by atoms with Crippen LogP contribution in [-0.4, -0.2) is 54.3 Å². The van der Waals surface area contributed by atoms with Crippen molar-refractivity contribution in [2.75, 3.05) is 5.32 Å². The van der Waals surface area contributed by atoms with Crippen molar-refractivity contribution >= 4 is 36.8 Å². The van der Waals surface area contributed by atoms with Gasteiger partial charge in [0.05, 0.1) is 6.42 Å². The van der Waals surface area contributed by atoms with Crippen molar-refractivity contribution in [2.45, 2.75) is 63.6 Å². The van der Waals surface area contributed by atoms with Gasteiger partial charge in [0, 0.05) is 11.7 Å². The van der Waals surface area contributed by atoms with Crippen molar-refractivity contribution < 1.29 is 33.8 Å². The van der Waals surface area contributed by atoms with E-state index in [2.05, 4.69) is 10.6 Å². The Balaban J connectivity index is 0.000000307. The van der Waals surface area contributed by atoms with Crippen molar-refractivity contribution in [3.8, 4) is 11.5 Å². The normalized spacial score (nSPS) is 17.4. The molecule has 3 aromatic carbocycles. The molecule has 0 bridgehead atoms. The predicted octanol–water partition coefficient (Wildman–Crippen LogP) is 5.13. The Labute approximate surface area is 246 Å². The van der Waals surface area contributed by atoms with E-state index in [4.69, 9.17) is 19.4 Å². The zero-order chi connectivity index (χ0) is 31.1. The van der Waals surface area contributed by atoms with Crippen LogP contribution in [-0.2, 0) is 24.0 Å². The molecule has 2 saturated carbocycles. The molecule has 2 aliphatic carbocycles. The van der Waals surface area contributed by atoms with Gasteiger partial charge in [0.1, 0.15) is 37.2 Å². The summed E-state index contributed by atoms with van der Waals surface area (Å²) in [6.45, 7) is 8.04. The Morgan fingerprint density at radius 1 is 0.857 bits per heavy atom. The molecule has 42 heavy (non-hydrogen) atoms. The van der Waals surface area contributed by atoms with Crippen LogP contribution in [0.3, 0.4) is 0 Å². The first-order valence-electron chi connectivity index (χ1n) is 13.6. The van der Waals surface area contributed by atoms with Crippen LogP contribution in [0.4, 0.5) is 5.69 Å². The van der Waals surface area contributed by atoms with Crippen LogP contribution in [0.25, 0.3) is 0 Å². The average molecular weight is 575 g/mol. The maximum absolute atomic E-state index is 11.8. The maximum atomic E-state index is 11.8. The Kier molecular flexibility index (Phi) is 13.8. The van der Waals surface area contributed by atoms with Gasteiger partial charge < -0.3 is 30.1 Å². The summed E-state index contributed by atoms with van der Waals surface area (Å²) < 4.78 is 5.79. The van der Waals surface area contributed by atoms with Gasteiger partial charge in [-0.05, 0) is 74.1 Å². The van der Waals surface area contributed by atoms with Gasteiger partial charge in [-0.3, -0.25) is 14.4 Å². The summed E-state index contributed by atoms with van der Waals surface area (Å²) in [6.07, 6.45) is 3.25. The highest BCUT2D eigenvalue weighted by atomic mass is 16.5. The highest BCUT2D eigenvalue weighted by molar-refractivity contribution is 6.49. The quantitative estimate of drug-likeness (QED) is 0.281. The summed E-state index contributed by atoms with van der Waals surface area (Å²) in [5.74, 6) is 0.258. The summed E-state index contributed by atoms with van der Waals surface area (Å²) in [5, 5.41) is 15.1. The number of benzene rings is 3. The zero-order valence-electron chi connectivity index (χ0n) is 24.0. The molecule has 9 heteroatoms. The lowest BCUT2D eigenvalue weighted by atomic mass is 9.82. The number of nitrogens with one attached hydrogen (secondary N) is 2. The molecule has 0 spiro atoms. The summed E-state index contributed by atoms with van der Waals surface area (Å²) in [4.78, 5) is 50.1. The summed E-state index contributed by atoms with van der Waals surface area (Å²) in [7, 11) is 0. The predicted molar refractivity (Wildman–Crippen MR) is 161 cm³/mol. The molecule has 3 atom stereocenters. The molecule has 5 rings (SSSR count). The number of hydrogen-bond donors (Lipinski definition) is 3. The third-order valence-electron chi connectivity index (χ3n) is 6.75. The van der Waals surface area contributed by atoms with E-state index in [0.29, 0.717) is 6.04 Å². The molecular weight excluding hydrogens is 536 g/mol. The summed E-state index contributed by atoms with van der Waals surface area (Å²) in [6, 6.07) is 24.5. The topological polar surface area (TPSA) is 139 Å². The van der Waals surface area contributed by atoms with E-state index in [-0.39, 0.29) is 23.9 Å². The first-order chi connectivity index (χ1) is 20.3. The van der Waals surface area contributed by atoms with Gasteiger partial charge in [-0.25, -0.2) is 0 Å². The average Bonchev–Trinajstić information content (AvgIpc) is 3.86. The minimum atomic E-state index is -0.726. The van der Waals surface area contributed by atoms with E-state index in [1.807, 2.05) is 106 Å². The molecule has 3 N–H and O–H groups in total. The van der Waals surface area contributed by atoms with E-state index in [0.717, 1.165) is 42.0 Å². The molecule has 2 aliphatic rings. The highest BCUT2D eigenvalue weighted by Gasteiger charge is 2.50. The Morgan fingerprint density at radius 3 is 1.88 bits per heavy atom. The fourth-order valence-corrected chi connectivity index (χ4v) is 4.31. The third kappa shape index (κ3) is 10.1. The lowest BCUT2D eigenvalue weighted by Crippen LogP contribution is -2.67. The number of carboxylic acid groups (broad SMARTS) is 1. The lowest BCUT2D eigenvalue weighted by molar-refractivity contribution is -0.145. The van der Waals surface area contributed by atoms with Crippen LogP contribution in [0, 0.1) is 6.92 Å². The second kappa shape index (κ2) is 17.2. The second-order valence-corrected chi connectivity index (χ2v) is 9.82. The van der Waals surface area contributed by atoms with Gasteiger partial charge in [0.15, 0.2) is 0 Å². The van der Waals surface area contributed by atoms with Gasteiger partial charge in [-0.1, -0.05) is 55.0 Å². The number of ether oxygens (including phenoxy) is 1. The van der Waals surface area contributed by atoms with Crippen LogP contribution in [0.5, 0.6) is 11.5 Å². The first-order valence-corrected chi connectivity index (χ1v) is 13.6. The number of anilines is 1. The fraction of sp³-hybridized carbons (Fsp3) is 0.303. The van der Waals surface area contributed by atoms with Gasteiger partial charge in [0.25, 0.3) is 0 Å². The molecule has 222 valence electrons. The number of hydrogen-bond acceptors (Lipinski definition) is 8. The largest absolute Gasteiger partial charge is 0.481 e. The van der Waals surface area contributed by atoms with Gasteiger partial charge in [0.2, 0.25) is 11.6 Å². The van der Waals surface area contributed by atoms with Crippen molar-refractivity contribution in [2.24, 2.45) is 0 Å².